The summed E-state index contributed by atoms with van der Waals surface area (Å²) in [5.41, 5.74) is -0.0908. The molecule has 1 aliphatic heterocycles. The highest BCUT2D eigenvalue weighted by atomic mass is 32.2. The van der Waals surface area contributed by atoms with E-state index in [4.69, 9.17) is 4.74 Å². The van der Waals surface area contributed by atoms with Gasteiger partial charge in [-0.3, -0.25) is 4.57 Å². The Balaban J connectivity index is 1.82. The van der Waals surface area contributed by atoms with Crippen molar-refractivity contribution >= 4 is 10.0 Å². The summed E-state index contributed by atoms with van der Waals surface area (Å²) in [4.78, 5) is 12.1. The van der Waals surface area contributed by atoms with Crippen molar-refractivity contribution in [2.24, 2.45) is 0 Å². The summed E-state index contributed by atoms with van der Waals surface area (Å²) in [6.07, 6.45) is 3.45. The van der Waals surface area contributed by atoms with E-state index in [-0.39, 0.29) is 18.0 Å². The zero-order valence-corrected chi connectivity index (χ0v) is 13.1. The van der Waals surface area contributed by atoms with Gasteiger partial charge in [0, 0.05) is 33.2 Å². The van der Waals surface area contributed by atoms with Gasteiger partial charge in [-0.05, 0) is 19.3 Å². The SMILES string of the molecule is COCCS(=O)(=O)NCCCn1nc2n(c1=O)CCCC2. The number of hydrogen-bond acceptors (Lipinski definition) is 5. The molecule has 0 atom stereocenters. The topological polar surface area (TPSA) is 95.2 Å². The molecule has 1 aromatic rings. The van der Waals surface area contributed by atoms with E-state index in [0.29, 0.717) is 19.5 Å². The largest absolute Gasteiger partial charge is 0.384 e. The summed E-state index contributed by atoms with van der Waals surface area (Å²) in [5.74, 6) is 0.786. The first-order chi connectivity index (χ1) is 10.0. The number of aryl methyl sites for hydroxylation is 2. The van der Waals surface area contributed by atoms with Crippen molar-refractivity contribution in [2.75, 3.05) is 26.0 Å². The van der Waals surface area contributed by atoms with Crippen LogP contribution in [0.3, 0.4) is 0 Å². The van der Waals surface area contributed by atoms with Crippen LogP contribution in [0.5, 0.6) is 0 Å². The zero-order valence-electron chi connectivity index (χ0n) is 12.2. The van der Waals surface area contributed by atoms with Crippen molar-refractivity contribution in [3.8, 4) is 0 Å². The maximum Gasteiger partial charge on any atom is 0.345 e. The number of nitrogens with zero attached hydrogens (tertiary/aromatic N) is 3. The average molecular weight is 318 g/mol. The van der Waals surface area contributed by atoms with E-state index in [2.05, 4.69) is 9.82 Å². The van der Waals surface area contributed by atoms with Crippen LogP contribution < -0.4 is 10.4 Å². The lowest BCUT2D eigenvalue weighted by molar-refractivity contribution is 0.217. The van der Waals surface area contributed by atoms with Crippen LogP contribution in [0.15, 0.2) is 4.79 Å². The number of ether oxygens (including phenoxy) is 1. The van der Waals surface area contributed by atoms with Crippen molar-refractivity contribution in [3.63, 3.8) is 0 Å². The quantitative estimate of drug-likeness (QED) is 0.642. The first kappa shape index (κ1) is 16.2. The molecule has 9 heteroatoms. The summed E-state index contributed by atoms with van der Waals surface area (Å²) in [5, 5.41) is 4.30. The Bertz CT molecular complexity index is 620. The minimum atomic E-state index is -3.30. The van der Waals surface area contributed by atoms with Gasteiger partial charge in [0.25, 0.3) is 0 Å². The van der Waals surface area contributed by atoms with Crippen molar-refractivity contribution in [1.82, 2.24) is 19.1 Å². The highest BCUT2D eigenvalue weighted by molar-refractivity contribution is 7.89. The van der Waals surface area contributed by atoms with Gasteiger partial charge in [0.2, 0.25) is 10.0 Å². The molecule has 0 aromatic carbocycles. The first-order valence-electron chi connectivity index (χ1n) is 7.16. The van der Waals surface area contributed by atoms with Crippen LogP contribution in [0.1, 0.15) is 25.1 Å². The smallest absolute Gasteiger partial charge is 0.345 e. The second kappa shape index (κ2) is 7.19. The molecule has 0 aliphatic carbocycles. The predicted molar refractivity (Wildman–Crippen MR) is 77.7 cm³/mol. The van der Waals surface area contributed by atoms with Crippen LogP contribution >= 0.6 is 0 Å². The number of fused-ring (bicyclic) bond motifs is 1. The van der Waals surface area contributed by atoms with Gasteiger partial charge in [-0.1, -0.05) is 0 Å². The van der Waals surface area contributed by atoms with Crippen LogP contribution in [0.2, 0.25) is 0 Å². The van der Waals surface area contributed by atoms with E-state index < -0.39 is 10.0 Å². The molecule has 8 nitrogen and oxygen atoms in total. The third-order valence-electron chi connectivity index (χ3n) is 3.46. The van der Waals surface area contributed by atoms with Crippen molar-refractivity contribution in [2.45, 2.75) is 38.8 Å². The number of nitrogens with one attached hydrogen (secondary N) is 1. The molecule has 0 saturated heterocycles. The summed E-state index contributed by atoms with van der Waals surface area (Å²) in [7, 11) is -1.84. The van der Waals surface area contributed by atoms with E-state index in [1.54, 1.807) is 4.57 Å². The second-order valence-corrected chi connectivity index (χ2v) is 7.02. The predicted octanol–water partition coefficient (Wildman–Crippen LogP) is -0.663. The minimum absolute atomic E-state index is 0.0533. The maximum absolute atomic E-state index is 12.1. The molecule has 0 fully saturated rings. The molecule has 0 unspecified atom stereocenters. The van der Waals surface area contributed by atoms with Gasteiger partial charge in [-0.25, -0.2) is 22.6 Å². The van der Waals surface area contributed by atoms with Gasteiger partial charge in [-0.2, -0.15) is 5.10 Å². The van der Waals surface area contributed by atoms with Gasteiger partial charge in [0.1, 0.15) is 5.82 Å². The van der Waals surface area contributed by atoms with Crippen molar-refractivity contribution in [1.29, 1.82) is 0 Å². The summed E-state index contributed by atoms with van der Waals surface area (Å²) < 4.78 is 33.5. The standard InChI is InChI=1S/C12H22N4O4S/c1-20-9-10-21(18,19)13-6-4-8-16-12(17)15-7-3-2-5-11(15)14-16/h13H,2-10H2,1H3. The Morgan fingerprint density at radius 1 is 1.38 bits per heavy atom. The molecule has 0 bridgehead atoms. The number of hydrogen-bond donors (Lipinski definition) is 1. The lowest BCUT2D eigenvalue weighted by Crippen LogP contribution is -2.31. The third-order valence-corrected chi connectivity index (χ3v) is 4.80. The molecule has 120 valence electrons. The van der Waals surface area contributed by atoms with E-state index in [9.17, 15) is 13.2 Å². The van der Waals surface area contributed by atoms with E-state index in [1.807, 2.05) is 0 Å². The monoisotopic (exact) mass is 318 g/mol. The number of sulfonamides is 1. The molecule has 1 aromatic heterocycles. The van der Waals surface area contributed by atoms with Gasteiger partial charge >= 0.3 is 5.69 Å². The zero-order chi connectivity index (χ0) is 15.3. The normalized spacial score (nSPS) is 15.1. The Morgan fingerprint density at radius 2 is 2.19 bits per heavy atom. The fourth-order valence-electron chi connectivity index (χ4n) is 2.32. The third kappa shape index (κ3) is 4.39. The van der Waals surface area contributed by atoms with Crippen molar-refractivity contribution < 1.29 is 13.2 Å². The van der Waals surface area contributed by atoms with Gasteiger partial charge in [-0.15, -0.1) is 0 Å². The molecule has 1 N–H and O–H groups in total. The van der Waals surface area contributed by atoms with Crippen molar-refractivity contribution in [3.05, 3.63) is 16.3 Å². The molecular weight excluding hydrogens is 296 g/mol. The second-order valence-electron chi connectivity index (χ2n) is 5.09. The van der Waals surface area contributed by atoms with Crippen LogP contribution in [0.25, 0.3) is 0 Å². The fraction of sp³-hybridized carbons (Fsp3) is 0.833. The molecule has 0 spiro atoms. The average Bonchev–Trinajstić information content (AvgIpc) is 2.79. The van der Waals surface area contributed by atoms with Crippen LogP contribution in [0.4, 0.5) is 0 Å². The molecule has 0 radical (unpaired) electrons. The highest BCUT2D eigenvalue weighted by Crippen LogP contribution is 2.09. The van der Waals surface area contributed by atoms with Gasteiger partial charge < -0.3 is 4.74 Å². The molecular formula is C12H22N4O4S. The molecule has 0 saturated carbocycles. The Kier molecular flexibility index (Phi) is 5.54. The number of aromatic nitrogens is 3. The summed E-state index contributed by atoms with van der Waals surface area (Å²) in [6.45, 7) is 1.62. The Hall–Kier alpha value is -1.19. The summed E-state index contributed by atoms with van der Waals surface area (Å²) >= 11 is 0. The van der Waals surface area contributed by atoms with Crippen LogP contribution in [-0.4, -0.2) is 48.8 Å². The highest BCUT2D eigenvalue weighted by Gasteiger charge is 2.16. The number of rotatable bonds is 8. The van der Waals surface area contributed by atoms with Gasteiger partial charge in [0.05, 0.1) is 12.4 Å². The fourth-order valence-corrected chi connectivity index (χ4v) is 3.30. The maximum atomic E-state index is 12.1. The van der Waals surface area contributed by atoms with E-state index in [0.717, 1.165) is 31.6 Å². The molecule has 2 rings (SSSR count). The Morgan fingerprint density at radius 3 is 2.90 bits per heavy atom. The minimum Gasteiger partial charge on any atom is -0.384 e. The lowest BCUT2D eigenvalue weighted by atomic mass is 10.2. The Labute approximate surface area is 124 Å². The van der Waals surface area contributed by atoms with Gasteiger partial charge in [0.15, 0.2) is 0 Å². The molecule has 21 heavy (non-hydrogen) atoms. The van der Waals surface area contributed by atoms with Crippen LogP contribution in [0, 0.1) is 0 Å². The van der Waals surface area contributed by atoms with E-state index in [1.165, 1.54) is 11.8 Å². The molecule has 2 heterocycles. The lowest BCUT2D eigenvalue weighted by Gasteiger charge is -2.09. The van der Waals surface area contributed by atoms with Crippen LogP contribution in [-0.2, 0) is 34.3 Å². The van der Waals surface area contributed by atoms with E-state index >= 15 is 0 Å². The summed E-state index contributed by atoms with van der Waals surface area (Å²) in [6, 6.07) is 0. The number of methoxy groups -OCH3 is 1. The molecule has 1 aliphatic rings. The first-order valence-corrected chi connectivity index (χ1v) is 8.81. The molecule has 0 amide bonds.